The summed E-state index contributed by atoms with van der Waals surface area (Å²) in [5.74, 6) is -2.26. The molecule has 0 spiro atoms. The summed E-state index contributed by atoms with van der Waals surface area (Å²) in [4.78, 5) is 43.6. The monoisotopic (exact) mass is 636 g/mol. The van der Waals surface area contributed by atoms with Crippen LogP contribution in [0.5, 0.6) is 0 Å². The van der Waals surface area contributed by atoms with E-state index in [1.807, 2.05) is 54.6 Å². The number of nitrogens with one attached hydrogen (secondary N) is 1. The van der Waals surface area contributed by atoms with E-state index in [2.05, 4.69) is 34.6 Å². The fourth-order valence-electron chi connectivity index (χ4n) is 7.39. The summed E-state index contributed by atoms with van der Waals surface area (Å²) in [5, 5.41) is 13.5. The predicted octanol–water partition coefficient (Wildman–Crippen LogP) is 7.65. The Balaban J connectivity index is 1.21. The zero-order valence-electron chi connectivity index (χ0n) is 25.5. The molecule has 6 rings (SSSR count). The maximum Gasteiger partial charge on any atom is 0.407 e. The van der Waals surface area contributed by atoms with E-state index in [0.29, 0.717) is 43.5 Å². The Morgan fingerprint density at radius 1 is 0.935 bits per heavy atom. The molecular weight excluding hydrogens is 600 g/mol. The minimum absolute atomic E-state index is 0.0738. The number of ether oxygens (including phenoxy) is 1. The Hall–Kier alpha value is -4.49. The molecule has 1 aromatic heterocycles. The number of pyridine rings is 1. The van der Waals surface area contributed by atoms with Crippen molar-refractivity contribution in [3.8, 4) is 11.1 Å². The van der Waals surface area contributed by atoms with E-state index < -0.39 is 29.4 Å². The zero-order valence-corrected chi connectivity index (χ0v) is 26.3. The van der Waals surface area contributed by atoms with Gasteiger partial charge in [-0.25, -0.2) is 4.79 Å². The summed E-state index contributed by atoms with van der Waals surface area (Å²) >= 11 is 6.17. The highest BCUT2D eigenvalue weighted by Crippen LogP contribution is 2.45. The van der Waals surface area contributed by atoms with Crippen LogP contribution in [0.25, 0.3) is 11.1 Å². The Morgan fingerprint density at radius 3 is 2.28 bits per heavy atom. The molecule has 1 amide bonds. The molecule has 0 aliphatic heterocycles. The standard InChI is InChI=1S/C38H37ClN2O5/c39-29-15-13-25(14-16-29)21-38(17-5-8-27(22-38)36(44)28(20-35(42)43)19-26-7-6-18-40-23-26)41-37(45)46-24-34-32-11-3-1-9-30(32)31-10-2-4-12-33(31)34/h1-4,6-7,9-16,18,23,27-28,34H,5,8,17,19-22,24H2,(H,41,45)(H,42,43)/t27?,28-,38-/m1/s1. The lowest BCUT2D eigenvalue weighted by molar-refractivity contribution is -0.142. The predicted molar refractivity (Wildman–Crippen MR) is 177 cm³/mol. The summed E-state index contributed by atoms with van der Waals surface area (Å²) in [6, 6.07) is 27.6. The number of nitrogens with zero attached hydrogens (tertiary/aromatic N) is 1. The van der Waals surface area contributed by atoms with Gasteiger partial charge < -0.3 is 15.2 Å². The van der Waals surface area contributed by atoms with E-state index in [9.17, 15) is 19.5 Å². The number of ketones is 1. The number of fused-ring (bicyclic) bond motifs is 3. The van der Waals surface area contributed by atoms with Crippen LogP contribution in [0.4, 0.5) is 4.79 Å². The van der Waals surface area contributed by atoms with Gasteiger partial charge in [-0.05, 0) is 83.7 Å². The number of hydrogen-bond donors (Lipinski definition) is 2. The van der Waals surface area contributed by atoms with Gasteiger partial charge in [0.25, 0.3) is 0 Å². The number of halogens is 1. The van der Waals surface area contributed by atoms with Gasteiger partial charge >= 0.3 is 12.1 Å². The molecule has 2 aliphatic rings. The number of carbonyl (C=O) groups excluding carboxylic acids is 2. The first-order valence-corrected chi connectivity index (χ1v) is 16.2. The van der Waals surface area contributed by atoms with Gasteiger partial charge in [0.15, 0.2) is 0 Å². The first-order chi connectivity index (χ1) is 22.3. The average molecular weight is 637 g/mol. The van der Waals surface area contributed by atoms with Crippen molar-refractivity contribution < 1.29 is 24.2 Å². The highest BCUT2D eigenvalue weighted by Gasteiger charge is 2.42. The van der Waals surface area contributed by atoms with Gasteiger partial charge in [-0.3, -0.25) is 14.6 Å². The Bertz CT molecular complexity index is 1660. The molecule has 1 fully saturated rings. The van der Waals surface area contributed by atoms with Gasteiger partial charge in [0.1, 0.15) is 12.4 Å². The summed E-state index contributed by atoms with van der Waals surface area (Å²) in [5.41, 5.74) is 5.62. The number of amides is 1. The highest BCUT2D eigenvalue weighted by molar-refractivity contribution is 6.30. The van der Waals surface area contributed by atoms with Crippen LogP contribution < -0.4 is 5.32 Å². The van der Waals surface area contributed by atoms with E-state index >= 15 is 0 Å². The Morgan fingerprint density at radius 2 is 1.63 bits per heavy atom. The third kappa shape index (κ3) is 7.15. The topological polar surface area (TPSA) is 106 Å². The molecule has 1 unspecified atom stereocenters. The number of aromatic nitrogens is 1. The number of benzene rings is 3. The van der Waals surface area contributed by atoms with E-state index in [1.54, 1.807) is 18.5 Å². The van der Waals surface area contributed by atoms with Crippen molar-refractivity contribution in [1.29, 1.82) is 0 Å². The van der Waals surface area contributed by atoms with Gasteiger partial charge in [0.05, 0.1) is 6.42 Å². The van der Waals surface area contributed by atoms with Crippen LogP contribution in [0, 0.1) is 11.8 Å². The van der Waals surface area contributed by atoms with Crippen LogP contribution in [0.3, 0.4) is 0 Å². The number of aliphatic carboxylic acids is 1. The molecule has 236 valence electrons. The summed E-state index contributed by atoms with van der Waals surface area (Å²) < 4.78 is 5.96. The normalized spacial score (nSPS) is 19.5. The molecule has 0 radical (unpaired) electrons. The second kappa shape index (κ2) is 13.9. The van der Waals surface area contributed by atoms with Crippen molar-refractivity contribution in [2.45, 2.75) is 56.4 Å². The summed E-state index contributed by atoms with van der Waals surface area (Å²) in [6.45, 7) is 0.186. The van der Waals surface area contributed by atoms with Gasteiger partial charge in [0, 0.05) is 40.7 Å². The number of carbonyl (C=O) groups is 3. The van der Waals surface area contributed by atoms with Crippen molar-refractivity contribution in [1.82, 2.24) is 10.3 Å². The molecule has 3 aromatic carbocycles. The lowest BCUT2D eigenvalue weighted by Gasteiger charge is -2.42. The number of hydrogen-bond acceptors (Lipinski definition) is 5. The minimum atomic E-state index is -1.01. The zero-order chi connectivity index (χ0) is 32.1. The van der Waals surface area contributed by atoms with Crippen LogP contribution in [0.2, 0.25) is 5.02 Å². The first-order valence-electron chi connectivity index (χ1n) is 15.8. The second-order valence-electron chi connectivity index (χ2n) is 12.6. The van der Waals surface area contributed by atoms with Crippen LogP contribution in [-0.4, -0.2) is 40.1 Å². The lowest BCUT2D eigenvalue weighted by atomic mass is 9.69. The molecule has 3 atom stereocenters. The van der Waals surface area contributed by atoms with Gasteiger partial charge in [-0.2, -0.15) is 0 Å². The quantitative estimate of drug-likeness (QED) is 0.175. The Kier molecular flexibility index (Phi) is 9.50. The molecule has 8 heteroatoms. The number of carboxylic acid groups (broad SMARTS) is 1. The summed E-state index contributed by atoms with van der Waals surface area (Å²) in [6.07, 6.45) is 5.74. The van der Waals surface area contributed by atoms with Gasteiger partial charge in [-0.15, -0.1) is 0 Å². The van der Waals surface area contributed by atoms with E-state index in [-0.39, 0.29) is 24.7 Å². The molecule has 1 heterocycles. The maximum atomic E-state index is 14.0. The number of rotatable bonds is 11. The smallest absolute Gasteiger partial charge is 0.407 e. The van der Waals surface area contributed by atoms with Crippen molar-refractivity contribution in [2.75, 3.05) is 6.61 Å². The average Bonchev–Trinajstić information content (AvgIpc) is 3.38. The lowest BCUT2D eigenvalue weighted by Crippen LogP contribution is -2.54. The van der Waals surface area contributed by atoms with Crippen LogP contribution in [0.1, 0.15) is 60.3 Å². The van der Waals surface area contributed by atoms with Crippen molar-refractivity contribution >= 4 is 29.4 Å². The second-order valence-corrected chi connectivity index (χ2v) is 13.0. The van der Waals surface area contributed by atoms with Crippen molar-refractivity contribution in [3.63, 3.8) is 0 Å². The van der Waals surface area contributed by atoms with E-state index in [4.69, 9.17) is 16.3 Å². The third-order valence-corrected chi connectivity index (χ3v) is 9.69. The maximum absolute atomic E-state index is 14.0. The molecule has 0 bridgehead atoms. The number of Topliss-reactive ketones (excluding diaryl/α,β-unsaturated/α-hetero) is 1. The highest BCUT2D eigenvalue weighted by atomic mass is 35.5. The molecule has 1 saturated carbocycles. The first kappa shape index (κ1) is 31.5. The molecule has 2 aliphatic carbocycles. The Labute approximate surface area is 274 Å². The minimum Gasteiger partial charge on any atom is -0.481 e. The van der Waals surface area contributed by atoms with Crippen LogP contribution >= 0.6 is 11.6 Å². The summed E-state index contributed by atoms with van der Waals surface area (Å²) in [7, 11) is 0. The largest absolute Gasteiger partial charge is 0.481 e. The molecule has 7 nitrogen and oxygen atoms in total. The van der Waals surface area contributed by atoms with Crippen molar-refractivity contribution in [3.05, 3.63) is 125 Å². The number of alkyl carbamates (subject to hydrolysis) is 1. The molecular formula is C38H37ClN2O5. The molecule has 4 aromatic rings. The number of carboxylic acids is 1. The van der Waals surface area contributed by atoms with Crippen LogP contribution in [-0.2, 0) is 27.2 Å². The van der Waals surface area contributed by atoms with E-state index in [0.717, 1.165) is 33.4 Å². The fraction of sp³-hybridized carbons (Fsp3) is 0.316. The molecule has 46 heavy (non-hydrogen) atoms. The third-order valence-electron chi connectivity index (χ3n) is 9.44. The molecule has 2 N–H and O–H groups in total. The van der Waals surface area contributed by atoms with Crippen LogP contribution in [0.15, 0.2) is 97.3 Å². The molecule has 0 saturated heterocycles. The SMILES string of the molecule is O=C(O)C[C@@H](Cc1cccnc1)C(=O)C1CCC[C@](Cc2ccc(Cl)cc2)(NC(=O)OCC2c3ccccc3-c3ccccc32)C1. The fourth-order valence-corrected chi connectivity index (χ4v) is 7.51. The van der Waals surface area contributed by atoms with Gasteiger partial charge in [0.2, 0.25) is 0 Å². The van der Waals surface area contributed by atoms with Gasteiger partial charge in [-0.1, -0.05) is 84.8 Å². The van der Waals surface area contributed by atoms with E-state index in [1.165, 1.54) is 0 Å². The van der Waals surface area contributed by atoms with Crippen molar-refractivity contribution in [2.24, 2.45) is 11.8 Å².